The maximum Gasteiger partial charge on any atom is 0.0690 e. The summed E-state index contributed by atoms with van der Waals surface area (Å²) in [6.45, 7) is 4.23. The molecular formula is C18H26N2O. The first-order valence-corrected chi connectivity index (χ1v) is 8.56. The van der Waals surface area contributed by atoms with E-state index in [2.05, 4.69) is 23.3 Å². The van der Waals surface area contributed by atoms with Crippen LogP contribution in [-0.2, 0) is 11.2 Å². The molecule has 3 atom stereocenters. The summed E-state index contributed by atoms with van der Waals surface area (Å²) < 4.78 is 6.06. The number of nitrogens with one attached hydrogen (secondary N) is 1. The number of rotatable bonds is 4. The molecule has 21 heavy (non-hydrogen) atoms. The van der Waals surface area contributed by atoms with E-state index in [-0.39, 0.29) is 0 Å². The Morgan fingerprint density at radius 1 is 1.38 bits per heavy atom. The van der Waals surface area contributed by atoms with Crippen molar-refractivity contribution in [2.45, 2.75) is 57.6 Å². The van der Waals surface area contributed by atoms with E-state index in [1.807, 2.05) is 12.4 Å². The standard InChI is InChI=1S/C18H26N2O/c1-13-12-19-9-4-14(13)5-10-20-16-15-6-11-21-17(15)18(16)7-2-3-8-18/h4,9,12,15-17,20H,2-3,5-8,10-11H2,1H3. The second-order valence-corrected chi connectivity index (χ2v) is 7.17. The second-order valence-electron chi connectivity index (χ2n) is 7.17. The average molecular weight is 286 g/mol. The lowest BCUT2D eigenvalue weighted by atomic mass is 9.54. The highest BCUT2D eigenvalue weighted by Gasteiger charge is 2.64. The second kappa shape index (κ2) is 5.36. The smallest absolute Gasteiger partial charge is 0.0690 e. The van der Waals surface area contributed by atoms with Gasteiger partial charge in [0, 0.05) is 36.4 Å². The molecule has 3 heteroatoms. The van der Waals surface area contributed by atoms with Crippen molar-refractivity contribution in [3.05, 3.63) is 29.6 Å². The van der Waals surface area contributed by atoms with E-state index >= 15 is 0 Å². The Bertz CT molecular complexity index is 510. The van der Waals surface area contributed by atoms with Crippen LogP contribution in [0, 0.1) is 18.3 Å². The zero-order valence-corrected chi connectivity index (χ0v) is 13.0. The van der Waals surface area contributed by atoms with Gasteiger partial charge in [-0.1, -0.05) is 12.8 Å². The maximum atomic E-state index is 6.06. The van der Waals surface area contributed by atoms with Crippen LogP contribution in [-0.4, -0.2) is 30.3 Å². The van der Waals surface area contributed by atoms with Crippen LogP contribution in [0.4, 0.5) is 0 Å². The van der Waals surface area contributed by atoms with Crippen LogP contribution in [0.3, 0.4) is 0 Å². The Labute approximate surface area is 127 Å². The summed E-state index contributed by atoms with van der Waals surface area (Å²) in [7, 11) is 0. The number of aryl methyl sites for hydroxylation is 1. The molecule has 1 saturated heterocycles. The molecule has 3 fully saturated rings. The molecule has 1 aromatic rings. The van der Waals surface area contributed by atoms with Gasteiger partial charge in [0.15, 0.2) is 0 Å². The van der Waals surface area contributed by atoms with Gasteiger partial charge >= 0.3 is 0 Å². The largest absolute Gasteiger partial charge is 0.377 e. The molecule has 2 heterocycles. The van der Waals surface area contributed by atoms with Crippen molar-refractivity contribution in [1.29, 1.82) is 0 Å². The third kappa shape index (κ3) is 2.13. The summed E-state index contributed by atoms with van der Waals surface area (Å²) in [5, 5.41) is 3.90. The van der Waals surface area contributed by atoms with Gasteiger partial charge in [-0.2, -0.15) is 0 Å². The quantitative estimate of drug-likeness (QED) is 0.924. The van der Waals surface area contributed by atoms with E-state index in [1.165, 1.54) is 43.2 Å². The van der Waals surface area contributed by atoms with E-state index in [1.54, 1.807) is 0 Å². The Hall–Kier alpha value is -0.930. The lowest BCUT2D eigenvalue weighted by Crippen LogP contribution is -2.67. The molecule has 0 radical (unpaired) electrons. The van der Waals surface area contributed by atoms with E-state index in [9.17, 15) is 0 Å². The van der Waals surface area contributed by atoms with Gasteiger partial charge in [-0.25, -0.2) is 0 Å². The summed E-state index contributed by atoms with van der Waals surface area (Å²) in [5.74, 6) is 0.779. The first kappa shape index (κ1) is 13.7. The topological polar surface area (TPSA) is 34.2 Å². The molecule has 1 spiro atoms. The van der Waals surface area contributed by atoms with Crippen molar-refractivity contribution < 1.29 is 4.74 Å². The van der Waals surface area contributed by atoms with Crippen molar-refractivity contribution >= 4 is 0 Å². The van der Waals surface area contributed by atoms with Gasteiger partial charge in [-0.05, 0) is 56.3 Å². The number of fused-ring (bicyclic) bond motifs is 2. The summed E-state index contributed by atoms with van der Waals surface area (Å²) in [6, 6.07) is 2.86. The monoisotopic (exact) mass is 286 g/mol. The number of hydrogen-bond donors (Lipinski definition) is 1. The van der Waals surface area contributed by atoms with Gasteiger partial charge in [0.1, 0.15) is 0 Å². The van der Waals surface area contributed by atoms with Crippen molar-refractivity contribution in [2.24, 2.45) is 11.3 Å². The number of hydrogen-bond acceptors (Lipinski definition) is 3. The lowest BCUT2D eigenvalue weighted by Gasteiger charge is -2.57. The van der Waals surface area contributed by atoms with Crippen molar-refractivity contribution in [3.8, 4) is 0 Å². The number of pyridine rings is 1. The van der Waals surface area contributed by atoms with E-state index in [4.69, 9.17) is 4.74 Å². The van der Waals surface area contributed by atoms with Crippen molar-refractivity contribution in [2.75, 3.05) is 13.2 Å². The molecular weight excluding hydrogens is 260 g/mol. The minimum atomic E-state index is 0.481. The van der Waals surface area contributed by atoms with Crippen LogP contribution >= 0.6 is 0 Å². The fourth-order valence-corrected chi connectivity index (χ4v) is 5.15. The SMILES string of the molecule is Cc1cnccc1CCNC1C2CCOC2C12CCCC2. The summed E-state index contributed by atoms with van der Waals surface area (Å²) in [4.78, 5) is 4.18. The van der Waals surface area contributed by atoms with Gasteiger partial charge < -0.3 is 10.1 Å². The molecule has 1 aliphatic heterocycles. The molecule has 1 N–H and O–H groups in total. The molecule has 0 bridgehead atoms. The minimum Gasteiger partial charge on any atom is -0.377 e. The molecule has 4 rings (SSSR count). The maximum absolute atomic E-state index is 6.06. The van der Waals surface area contributed by atoms with Crippen LogP contribution in [0.2, 0.25) is 0 Å². The van der Waals surface area contributed by atoms with E-state index in [0.29, 0.717) is 17.6 Å². The van der Waals surface area contributed by atoms with Crippen LogP contribution < -0.4 is 5.32 Å². The first-order valence-electron chi connectivity index (χ1n) is 8.56. The molecule has 114 valence electrons. The fourth-order valence-electron chi connectivity index (χ4n) is 5.15. The molecule has 2 aliphatic carbocycles. The Morgan fingerprint density at radius 3 is 3.05 bits per heavy atom. The molecule has 0 amide bonds. The fraction of sp³-hybridized carbons (Fsp3) is 0.722. The van der Waals surface area contributed by atoms with Gasteiger partial charge in [-0.3, -0.25) is 4.98 Å². The number of aromatic nitrogens is 1. The normalized spacial score (nSPS) is 33.1. The average Bonchev–Trinajstić information content (AvgIpc) is 3.13. The highest BCUT2D eigenvalue weighted by molar-refractivity contribution is 5.22. The van der Waals surface area contributed by atoms with E-state index < -0.39 is 0 Å². The van der Waals surface area contributed by atoms with E-state index in [0.717, 1.165) is 25.5 Å². The number of nitrogens with zero attached hydrogens (tertiary/aromatic N) is 1. The zero-order valence-electron chi connectivity index (χ0n) is 13.0. The Kier molecular flexibility index (Phi) is 3.50. The van der Waals surface area contributed by atoms with Gasteiger partial charge in [0.05, 0.1) is 6.10 Å². The zero-order chi connectivity index (χ0) is 14.3. The Morgan fingerprint density at radius 2 is 2.24 bits per heavy atom. The minimum absolute atomic E-state index is 0.481. The predicted molar refractivity (Wildman–Crippen MR) is 83.2 cm³/mol. The molecule has 2 saturated carbocycles. The third-order valence-electron chi connectivity index (χ3n) is 6.18. The predicted octanol–water partition coefficient (Wildman–Crippen LogP) is 2.87. The van der Waals surface area contributed by atoms with Crippen LogP contribution in [0.25, 0.3) is 0 Å². The third-order valence-corrected chi connectivity index (χ3v) is 6.18. The molecule has 1 aromatic heterocycles. The van der Waals surface area contributed by atoms with Gasteiger partial charge in [0.25, 0.3) is 0 Å². The van der Waals surface area contributed by atoms with Crippen molar-refractivity contribution in [1.82, 2.24) is 10.3 Å². The highest BCUT2D eigenvalue weighted by atomic mass is 16.5. The van der Waals surface area contributed by atoms with Crippen LogP contribution in [0.1, 0.15) is 43.2 Å². The lowest BCUT2D eigenvalue weighted by molar-refractivity contribution is -0.130. The van der Waals surface area contributed by atoms with Gasteiger partial charge in [0.2, 0.25) is 0 Å². The summed E-state index contributed by atoms with van der Waals surface area (Å²) in [6.07, 6.45) is 12.4. The van der Waals surface area contributed by atoms with Crippen LogP contribution in [0.15, 0.2) is 18.5 Å². The molecule has 3 unspecified atom stereocenters. The highest BCUT2D eigenvalue weighted by Crippen LogP contribution is 2.60. The summed E-state index contributed by atoms with van der Waals surface area (Å²) in [5.41, 5.74) is 3.22. The molecule has 3 nitrogen and oxygen atoms in total. The molecule has 3 aliphatic rings. The molecule has 0 aromatic carbocycles. The Balaban J connectivity index is 1.39. The first-order chi connectivity index (χ1) is 10.3. The number of ether oxygens (including phenoxy) is 1. The van der Waals surface area contributed by atoms with Crippen LogP contribution in [0.5, 0.6) is 0 Å². The summed E-state index contributed by atoms with van der Waals surface area (Å²) >= 11 is 0. The van der Waals surface area contributed by atoms with Crippen molar-refractivity contribution in [3.63, 3.8) is 0 Å². The van der Waals surface area contributed by atoms with Gasteiger partial charge in [-0.15, -0.1) is 0 Å².